The van der Waals surface area contributed by atoms with Crippen LogP contribution in [0.15, 0.2) is 0 Å². The average molecular weight is 276 g/mol. The zero-order valence-corrected chi connectivity index (χ0v) is 11.9. The fourth-order valence-electron chi connectivity index (χ4n) is 1.40. The van der Waals surface area contributed by atoms with E-state index in [1.807, 2.05) is 6.92 Å². The molecule has 1 aliphatic rings. The minimum absolute atomic E-state index is 0.0454. The lowest BCUT2D eigenvalue weighted by Crippen LogP contribution is -2.33. The Labute approximate surface area is 113 Å². The van der Waals surface area contributed by atoms with Gasteiger partial charge in [-0.3, -0.25) is 0 Å². The molecule has 6 heteroatoms. The van der Waals surface area contributed by atoms with Crippen molar-refractivity contribution in [2.75, 3.05) is 13.2 Å². The molecule has 0 radical (unpaired) electrons. The van der Waals surface area contributed by atoms with Gasteiger partial charge in [-0.2, -0.15) is 4.89 Å². The quantitative estimate of drug-likeness (QED) is 0.229. The first-order valence-corrected chi connectivity index (χ1v) is 6.79. The zero-order valence-electron chi connectivity index (χ0n) is 11.9. The Balaban J connectivity index is 2.13. The molecule has 0 aromatic heterocycles. The summed E-state index contributed by atoms with van der Waals surface area (Å²) in [5, 5.41) is 9.55. The van der Waals surface area contributed by atoms with E-state index >= 15 is 0 Å². The van der Waals surface area contributed by atoms with Crippen molar-refractivity contribution in [3.05, 3.63) is 0 Å². The largest absolute Gasteiger partial charge is 0.510 e. The summed E-state index contributed by atoms with van der Waals surface area (Å²) < 4.78 is 9.77. The number of hydrogen-bond donors (Lipinski definition) is 1. The van der Waals surface area contributed by atoms with E-state index < -0.39 is 18.0 Å². The molecule has 1 N–H and O–H groups in total. The van der Waals surface area contributed by atoms with Crippen LogP contribution in [-0.4, -0.2) is 36.4 Å². The molecule has 0 aliphatic heterocycles. The molecule has 0 bridgehead atoms. The van der Waals surface area contributed by atoms with Crippen molar-refractivity contribution in [1.82, 2.24) is 0 Å². The molecular weight excluding hydrogens is 252 g/mol. The molecule has 1 aliphatic carbocycles. The van der Waals surface area contributed by atoms with Gasteiger partial charge in [0.05, 0.1) is 12.7 Å². The zero-order chi connectivity index (χ0) is 14.3. The number of aliphatic hydroxyl groups excluding tert-OH is 1. The molecule has 0 spiro atoms. The van der Waals surface area contributed by atoms with Crippen molar-refractivity contribution in [2.45, 2.75) is 58.3 Å². The summed E-state index contributed by atoms with van der Waals surface area (Å²) in [4.78, 5) is 21.3. The van der Waals surface area contributed by atoms with Gasteiger partial charge in [-0.15, -0.1) is 0 Å². The Morgan fingerprint density at radius 1 is 1.42 bits per heavy atom. The van der Waals surface area contributed by atoms with Crippen LogP contribution in [0.1, 0.15) is 46.5 Å². The molecule has 0 heterocycles. The maximum absolute atomic E-state index is 11.4. The molecule has 0 amide bonds. The maximum Gasteiger partial charge on any atom is 0.510 e. The van der Waals surface area contributed by atoms with Gasteiger partial charge in [0.2, 0.25) is 5.79 Å². The topological polar surface area (TPSA) is 74.2 Å². The monoisotopic (exact) mass is 276 g/mol. The summed E-state index contributed by atoms with van der Waals surface area (Å²) in [6.07, 6.45) is 2.36. The predicted octanol–water partition coefficient (Wildman–Crippen LogP) is 2.39. The van der Waals surface area contributed by atoms with Crippen LogP contribution in [0, 0.1) is 5.92 Å². The second-order valence-electron chi connectivity index (χ2n) is 5.23. The van der Waals surface area contributed by atoms with E-state index in [-0.39, 0.29) is 12.5 Å². The van der Waals surface area contributed by atoms with Gasteiger partial charge in [0, 0.05) is 13.8 Å². The molecule has 6 nitrogen and oxygen atoms in total. The van der Waals surface area contributed by atoms with Gasteiger partial charge in [0.1, 0.15) is 6.61 Å². The summed E-state index contributed by atoms with van der Waals surface area (Å²) >= 11 is 0. The average Bonchev–Trinajstić information content (AvgIpc) is 3.15. The van der Waals surface area contributed by atoms with Crippen LogP contribution in [0.2, 0.25) is 0 Å². The lowest BCUT2D eigenvalue weighted by Gasteiger charge is -2.23. The van der Waals surface area contributed by atoms with Crippen molar-refractivity contribution in [2.24, 2.45) is 5.92 Å². The number of carbonyl (C=O) groups is 1. The van der Waals surface area contributed by atoms with Gasteiger partial charge < -0.3 is 14.6 Å². The van der Waals surface area contributed by atoms with E-state index in [9.17, 15) is 9.90 Å². The van der Waals surface area contributed by atoms with Crippen LogP contribution in [0.25, 0.3) is 0 Å². The van der Waals surface area contributed by atoms with E-state index in [1.54, 1.807) is 13.8 Å². The van der Waals surface area contributed by atoms with E-state index in [1.165, 1.54) is 0 Å². The number of ether oxygens (including phenoxy) is 2. The highest BCUT2D eigenvalue weighted by atomic mass is 17.2. The number of aliphatic hydroxyl groups is 1. The molecule has 1 rings (SSSR count). The van der Waals surface area contributed by atoms with Crippen LogP contribution in [0.4, 0.5) is 4.79 Å². The third-order valence-corrected chi connectivity index (χ3v) is 2.71. The van der Waals surface area contributed by atoms with Crippen LogP contribution in [0.5, 0.6) is 0 Å². The normalized spacial score (nSPS) is 17.1. The number of rotatable bonds is 9. The lowest BCUT2D eigenvalue weighted by atomic mass is 10.2. The van der Waals surface area contributed by atoms with Crippen molar-refractivity contribution < 1.29 is 29.1 Å². The molecule has 1 fully saturated rings. The van der Waals surface area contributed by atoms with E-state index in [4.69, 9.17) is 19.2 Å². The Hall–Kier alpha value is -0.850. The predicted molar refractivity (Wildman–Crippen MR) is 67.2 cm³/mol. The van der Waals surface area contributed by atoms with E-state index in [2.05, 4.69) is 0 Å². The fourth-order valence-corrected chi connectivity index (χ4v) is 1.40. The standard InChI is InChI=1S/C13H24O6/c1-4-5-8-17-19-13(2,3)18-12(15)16-9-11(14)10-6-7-10/h10-11,14H,4-9H2,1-3H3. The van der Waals surface area contributed by atoms with Gasteiger partial charge in [-0.25, -0.2) is 9.68 Å². The van der Waals surface area contributed by atoms with Gasteiger partial charge >= 0.3 is 6.16 Å². The summed E-state index contributed by atoms with van der Waals surface area (Å²) in [5.74, 6) is -0.954. The summed E-state index contributed by atoms with van der Waals surface area (Å²) in [6, 6.07) is 0. The molecule has 19 heavy (non-hydrogen) atoms. The summed E-state index contributed by atoms with van der Waals surface area (Å²) in [6.45, 7) is 5.54. The molecule has 1 saturated carbocycles. The van der Waals surface area contributed by atoms with Gasteiger partial charge in [-0.1, -0.05) is 13.3 Å². The minimum Gasteiger partial charge on any atom is -0.431 e. The number of hydrogen-bond acceptors (Lipinski definition) is 6. The molecule has 0 aromatic carbocycles. The van der Waals surface area contributed by atoms with Crippen LogP contribution in [-0.2, 0) is 19.2 Å². The molecule has 0 aromatic rings. The van der Waals surface area contributed by atoms with Crippen LogP contribution < -0.4 is 0 Å². The molecular formula is C13H24O6. The molecule has 112 valence electrons. The smallest absolute Gasteiger partial charge is 0.431 e. The number of unbranched alkanes of at least 4 members (excludes halogenated alkanes) is 1. The van der Waals surface area contributed by atoms with Crippen molar-refractivity contribution >= 4 is 6.16 Å². The lowest BCUT2D eigenvalue weighted by molar-refractivity contribution is -0.407. The van der Waals surface area contributed by atoms with Gasteiger partial charge in [0.25, 0.3) is 0 Å². The van der Waals surface area contributed by atoms with Crippen molar-refractivity contribution in [3.63, 3.8) is 0 Å². The minimum atomic E-state index is -1.21. The van der Waals surface area contributed by atoms with Crippen molar-refractivity contribution in [1.29, 1.82) is 0 Å². The van der Waals surface area contributed by atoms with Gasteiger partial charge in [-0.05, 0) is 25.2 Å². The highest BCUT2D eigenvalue weighted by Gasteiger charge is 2.32. The first-order chi connectivity index (χ1) is 8.94. The summed E-state index contributed by atoms with van der Waals surface area (Å²) in [7, 11) is 0. The van der Waals surface area contributed by atoms with E-state index in [0.717, 1.165) is 25.7 Å². The summed E-state index contributed by atoms with van der Waals surface area (Å²) in [5.41, 5.74) is 0. The Morgan fingerprint density at radius 3 is 2.68 bits per heavy atom. The Morgan fingerprint density at radius 2 is 2.11 bits per heavy atom. The van der Waals surface area contributed by atoms with E-state index in [0.29, 0.717) is 6.61 Å². The van der Waals surface area contributed by atoms with Crippen molar-refractivity contribution in [3.8, 4) is 0 Å². The fraction of sp³-hybridized carbons (Fsp3) is 0.923. The number of carbonyl (C=O) groups excluding carboxylic acids is 1. The maximum atomic E-state index is 11.4. The third kappa shape index (κ3) is 7.34. The molecule has 1 unspecified atom stereocenters. The highest BCUT2D eigenvalue weighted by Crippen LogP contribution is 2.32. The SMILES string of the molecule is CCCCOOC(C)(C)OC(=O)OCC(O)C1CC1. The molecule has 0 saturated heterocycles. The third-order valence-electron chi connectivity index (χ3n) is 2.71. The Kier molecular flexibility index (Phi) is 6.54. The highest BCUT2D eigenvalue weighted by molar-refractivity contribution is 5.60. The Bertz CT molecular complexity index is 274. The van der Waals surface area contributed by atoms with Crippen LogP contribution >= 0.6 is 0 Å². The second kappa shape index (κ2) is 7.67. The van der Waals surface area contributed by atoms with Crippen LogP contribution in [0.3, 0.4) is 0 Å². The molecule has 1 atom stereocenters. The second-order valence-corrected chi connectivity index (χ2v) is 5.23. The first kappa shape index (κ1) is 16.2. The first-order valence-electron chi connectivity index (χ1n) is 6.79. The van der Waals surface area contributed by atoms with Gasteiger partial charge in [0.15, 0.2) is 0 Å².